The molecule has 1 aromatic rings. The lowest BCUT2D eigenvalue weighted by atomic mass is 10.0. The highest BCUT2D eigenvalue weighted by molar-refractivity contribution is 7.89. The molecule has 0 aliphatic carbocycles. The van der Waals surface area contributed by atoms with Crippen molar-refractivity contribution in [2.75, 3.05) is 20.1 Å². The third-order valence-corrected chi connectivity index (χ3v) is 5.86. The maximum Gasteiger partial charge on any atom is 0.433 e. The van der Waals surface area contributed by atoms with Gasteiger partial charge in [-0.3, -0.25) is 9.78 Å². The van der Waals surface area contributed by atoms with Crippen LogP contribution in [-0.2, 0) is 21.0 Å². The number of pyridine rings is 1. The van der Waals surface area contributed by atoms with Crippen LogP contribution in [0.3, 0.4) is 0 Å². The highest BCUT2D eigenvalue weighted by Gasteiger charge is 2.40. The summed E-state index contributed by atoms with van der Waals surface area (Å²) in [5.74, 6) is -0.923. The van der Waals surface area contributed by atoms with E-state index in [9.17, 15) is 31.5 Å². The van der Waals surface area contributed by atoms with E-state index in [1.807, 2.05) is 0 Å². The number of aromatic nitrogens is 1. The molecule has 0 bridgehead atoms. The molecule has 2 N–H and O–H groups in total. The third kappa shape index (κ3) is 4.10. The van der Waals surface area contributed by atoms with Crippen LogP contribution in [0.15, 0.2) is 17.2 Å². The fourth-order valence-corrected chi connectivity index (χ4v) is 4.23. The van der Waals surface area contributed by atoms with Crippen LogP contribution >= 0.6 is 0 Å². The number of rotatable bonds is 4. The Morgan fingerprint density at radius 2 is 2.08 bits per heavy atom. The number of sulfonamides is 1. The van der Waals surface area contributed by atoms with Crippen LogP contribution in [0.1, 0.15) is 17.7 Å². The number of carbonyl (C=O) groups excluding carboxylic acids is 1. The summed E-state index contributed by atoms with van der Waals surface area (Å²) in [6, 6.07) is 0.906. The number of nitrogens with one attached hydrogen (secondary N) is 1. The van der Waals surface area contributed by atoms with Crippen LogP contribution < -0.4 is 5.32 Å². The summed E-state index contributed by atoms with van der Waals surface area (Å²) in [7, 11) is -2.69. The average molecular weight is 381 g/mol. The number of hydrogen-bond acceptors (Lipinski definition) is 5. The number of β-amino-alcohol motifs (C(OH)–C–C–N with tert-alkyl or cyclic N) is 1. The third-order valence-electron chi connectivity index (χ3n) is 4.06. The first-order chi connectivity index (χ1) is 11.5. The normalized spacial score (nSPS) is 22.2. The van der Waals surface area contributed by atoms with Crippen molar-refractivity contribution in [2.24, 2.45) is 5.92 Å². The van der Waals surface area contributed by atoms with Crippen LogP contribution in [0, 0.1) is 12.8 Å². The molecule has 0 spiro atoms. The van der Waals surface area contributed by atoms with Crippen LogP contribution in [0.2, 0.25) is 0 Å². The van der Waals surface area contributed by atoms with E-state index in [-0.39, 0.29) is 35.9 Å². The van der Waals surface area contributed by atoms with Gasteiger partial charge in [-0.1, -0.05) is 0 Å². The first kappa shape index (κ1) is 19.6. The molecule has 1 amide bonds. The lowest BCUT2D eigenvalue weighted by Gasteiger charge is -2.17. The molecule has 1 aliphatic rings. The molecule has 0 radical (unpaired) electrons. The Kier molecular flexibility index (Phi) is 5.40. The van der Waals surface area contributed by atoms with Gasteiger partial charge in [0, 0.05) is 38.7 Å². The predicted octanol–water partition coefficient (Wildman–Crippen LogP) is 0.526. The molecule has 1 saturated heterocycles. The molecule has 2 rings (SSSR count). The SMILES string of the molecule is CNC(=O)C[C@@H]1CN(S(=O)(=O)c2cnc(C(F)(F)F)c(C)c2)C[C@H]1O. The monoisotopic (exact) mass is 381 g/mol. The van der Waals surface area contributed by atoms with Gasteiger partial charge in [0.05, 0.1) is 6.10 Å². The Bertz CT molecular complexity index is 767. The van der Waals surface area contributed by atoms with E-state index in [2.05, 4.69) is 10.3 Å². The Balaban J connectivity index is 2.25. The van der Waals surface area contributed by atoms with Crippen molar-refractivity contribution in [3.63, 3.8) is 0 Å². The molecule has 11 heteroatoms. The molecule has 2 atom stereocenters. The maximum absolute atomic E-state index is 12.7. The predicted molar refractivity (Wildman–Crippen MR) is 80.9 cm³/mol. The quantitative estimate of drug-likeness (QED) is 0.793. The van der Waals surface area contributed by atoms with Gasteiger partial charge in [0.2, 0.25) is 15.9 Å². The summed E-state index contributed by atoms with van der Waals surface area (Å²) >= 11 is 0. The van der Waals surface area contributed by atoms with Gasteiger partial charge >= 0.3 is 6.18 Å². The smallest absolute Gasteiger partial charge is 0.391 e. The molecular weight excluding hydrogens is 363 g/mol. The highest BCUT2D eigenvalue weighted by Crippen LogP contribution is 2.32. The molecule has 25 heavy (non-hydrogen) atoms. The van der Waals surface area contributed by atoms with Crippen molar-refractivity contribution in [1.82, 2.24) is 14.6 Å². The van der Waals surface area contributed by atoms with E-state index >= 15 is 0 Å². The van der Waals surface area contributed by atoms with Crippen molar-refractivity contribution < 1.29 is 31.5 Å². The van der Waals surface area contributed by atoms with Crippen molar-refractivity contribution in [3.8, 4) is 0 Å². The van der Waals surface area contributed by atoms with Gasteiger partial charge in [-0.2, -0.15) is 17.5 Å². The van der Waals surface area contributed by atoms with E-state index in [1.54, 1.807) is 0 Å². The Hall–Kier alpha value is -1.72. The number of carbonyl (C=O) groups is 1. The Morgan fingerprint density at radius 1 is 1.44 bits per heavy atom. The topological polar surface area (TPSA) is 99.6 Å². The standard InChI is InChI=1S/C14H18F3N3O4S/c1-8-3-10(5-19-13(8)14(15,16)17)25(23,24)20-6-9(11(21)7-20)4-12(22)18-2/h3,5,9,11,21H,4,6-7H2,1-2H3,(H,18,22)/t9-,11-/m1/s1. The maximum atomic E-state index is 12.7. The molecule has 1 aliphatic heterocycles. The van der Waals surface area contributed by atoms with Gasteiger partial charge in [-0.05, 0) is 18.6 Å². The number of aliphatic hydroxyl groups is 1. The second kappa shape index (κ2) is 6.89. The summed E-state index contributed by atoms with van der Waals surface area (Å²) in [4.78, 5) is 14.3. The minimum Gasteiger partial charge on any atom is -0.391 e. The van der Waals surface area contributed by atoms with Crippen LogP contribution in [0.25, 0.3) is 0 Å². The van der Waals surface area contributed by atoms with Crippen molar-refractivity contribution in [1.29, 1.82) is 0 Å². The number of alkyl halides is 3. The summed E-state index contributed by atoms with van der Waals surface area (Å²) < 4.78 is 64.4. The van der Waals surface area contributed by atoms with Crippen molar-refractivity contribution >= 4 is 15.9 Å². The fraction of sp³-hybridized carbons (Fsp3) is 0.571. The van der Waals surface area contributed by atoms with Gasteiger partial charge in [0.25, 0.3) is 0 Å². The van der Waals surface area contributed by atoms with Crippen LogP contribution in [0.4, 0.5) is 13.2 Å². The molecule has 7 nitrogen and oxygen atoms in total. The van der Waals surface area contributed by atoms with Crippen LogP contribution in [-0.4, -0.2) is 55.0 Å². The fourth-order valence-electron chi connectivity index (χ4n) is 2.69. The molecule has 0 saturated carbocycles. The van der Waals surface area contributed by atoms with Gasteiger partial charge in [-0.25, -0.2) is 8.42 Å². The first-order valence-corrected chi connectivity index (χ1v) is 8.83. The van der Waals surface area contributed by atoms with E-state index in [4.69, 9.17) is 0 Å². The number of aryl methyl sites for hydroxylation is 1. The highest BCUT2D eigenvalue weighted by atomic mass is 32.2. The van der Waals surface area contributed by atoms with Gasteiger partial charge < -0.3 is 10.4 Å². The number of hydrogen-bond donors (Lipinski definition) is 2. The second-order valence-corrected chi connectivity index (χ2v) is 7.80. The molecule has 1 fully saturated rings. The zero-order valence-corrected chi connectivity index (χ0v) is 14.4. The van der Waals surface area contributed by atoms with E-state index in [0.717, 1.165) is 17.3 Å². The van der Waals surface area contributed by atoms with Crippen molar-refractivity contribution in [3.05, 3.63) is 23.5 Å². The van der Waals surface area contributed by atoms with Crippen molar-refractivity contribution in [2.45, 2.75) is 30.5 Å². The molecule has 0 aromatic carbocycles. The number of nitrogens with zero attached hydrogens (tertiary/aromatic N) is 2. The summed E-state index contributed by atoms with van der Waals surface area (Å²) in [5, 5.41) is 12.4. The zero-order valence-electron chi connectivity index (χ0n) is 13.5. The molecule has 1 aromatic heterocycles. The Morgan fingerprint density at radius 3 is 2.60 bits per heavy atom. The Labute approximate surface area is 142 Å². The first-order valence-electron chi connectivity index (χ1n) is 7.39. The minimum atomic E-state index is -4.67. The molecule has 2 heterocycles. The van der Waals surface area contributed by atoms with E-state index in [0.29, 0.717) is 6.20 Å². The summed E-state index contributed by atoms with van der Waals surface area (Å²) in [6.07, 6.45) is -5.09. The molecule has 140 valence electrons. The zero-order chi connectivity index (χ0) is 19.0. The van der Waals surface area contributed by atoms with Gasteiger partial charge in [0.1, 0.15) is 10.6 Å². The van der Waals surface area contributed by atoms with E-state index in [1.165, 1.54) is 7.05 Å². The number of amides is 1. The molecule has 0 unspecified atom stereocenters. The molecular formula is C14H18F3N3O4S. The average Bonchev–Trinajstić information content (AvgIpc) is 2.87. The summed E-state index contributed by atoms with van der Waals surface area (Å²) in [5.41, 5.74) is -1.46. The lowest BCUT2D eigenvalue weighted by molar-refractivity contribution is -0.141. The summed E-state index contributed by atoms with van der Waals surface area (Å²) in [6.45, 7) is 0.795. The minimum absolute atomic E-state index is 0.0476. The number of halogens is 3. The van der Waals surface area contributed by atoms with Gasteiger partial charge in [0.15, 0.2) is 0 Å². The largest absolute Gasteiger partial charge is 0.433 e. The van der Waals surface area contributed by atoms with E-state index < -0.39 is 33.9 Å². The van der Waals surface area contributed by atoms with Crippen LogP contribution in [0.5, 0.6) is 0 Å². The number of aliphatic hydroxyl groups excluding tert-OH is 1. The lowest BCUT2D eigenvalue weighted by Crippen LogP contribution is -2.30. The van der Waals surface area contributed by atoms with Gasteiger partial charge in [-0.15, -0.1) is 0 Å². The second-order valence-electron chi connectivity index (χ2n) is 5.86.